The summed E-state index contributed by atoms with van der Waals surface area (Å²) in [6.07, 6.45) is 0.549. The molecular formula is C8H14O4. The lowest BCUT2D eigenvalue weighted by molar-refractivity contribution is -0.151. The first-order valence-electron chi connectivity index (χ1n) is 3.95. The average molecular weight is 174 g/mol. The minimum atomic E-state index is -0.773. The fraction of sp³-hybridized carbons (Fsp3) is 0.750. The summed E-state index contributed by atoms with van der Waals surface area (Å²) in [5, 5.41) is 0. The molecule has 0 aromatic rings. The molecule has 0 aliphatic heterocycles. The van der Waals surface area contributed by atoms with Crippen molar-refractivity contribution in [3.05, 3.63) is 0 Å². The molecule has 1 atom stereocenters. The highest BCUT2D eigenvalue weighted by atomic mass is 16.5. The molecule has 0 saturated heterocycles. The van der Waals surface area contributed by atoms with E-state index in [0.717, 1.165) is 0 Å². The fourth-order valence-electron chi connectivity index (χ4n) is 0.657. The van der Waals surface area contributed by atoms with E-state index in [2.05, 4.69) is 4.74 Å². The minimum absolute atomic E-state index is 0.110. The fourth-order valence-corrected chi connectivity index (χ4v) is 0.657. The van der Waals surface area contributed by atoms with Gasteiger partial charge in [-0.05, 0) is 13.8 Å². The van der Waals surface area contributed by atoms with Crippen LogP contribution in [-0.4, -0.2) is 32.1 Å². The monoisotopic (exact) mass is 174 g/mol. The molecule has 1 unspecified atom stereocenters. The maximum Gasteiger partial charge on any atom is 0.318 e. The van der Waals surface area contributed by atoms with Crippen molar-refractivity contribution in [2.75, 3.05) is 19.8 Å². The quantitative estimate of drug-likeness (QED) is 0.332. The van der Waals surface area contributed by atoms with Gasteiger partial charge in [0, 0.05) is 6.61 Å². The van der Waals surface area contributed by atoms with Gasteiger partial charge in [-0.15, -0.1) is 0 Å². The van der Waals surface area contributed by atoms with E-state index in [0.29, 0.717) is 12.9 Å². The second-order valence-electron chi connectivity index (χ2n) is 2.15. The van der Waals surface area contributed by atoms with Gasteiger partial charge in [0.2, 0.25) is 0 Å². The van der Waals surface area contributed by atoms with E-state index >= 15 is 0 Å². The Morgan fingerprint density at radius 2 is 2.08 bits per heavy atom. The number of rotatable bonds is 6. The second kappa shape index (κ2) is 6.79. The smallest absolute Gasteiger partial charge is 0.318 e. The zero-order chi connectivity index (χ0) is 9.40. The van der Waals surface area contributed by atoms with E-state index in [1.807, 2.05) is 0 Å². The Balaban J connectivity index is 3.79. The molecule has 0 N–H and O–H groups in total. The lowest BCUT2D eigenvalue weighted by Crippen LogP contribution is -2.24. The first-order valence-corrected chi connectivity index (χ1v) is 3.95. The Morgan fingerprint density at radius 1 is 1.42 bits per heavy atom. The Labute approximate surface area is 71.8 Å². The SMILES string of the molecule is CCOCC(C=O)C(=O)OCC. The van der Waals surface area contributed by atoms with Gasteiger partial charge in [-0.3, -0.25) is 4.79 Å². The highest BCUT2D eigenvalue weighted by Crippen LogP contribution is 1.97. The number of hydrogen-bond acceptors (Lipinski definition) is 4. The first-order chi connectivity index (χ1) is 5.76. The molecule has 0 spiro atoms. The van der Waals surface area contributed by atoms with E-state index in [1.54, 1.807) is 13.8 Å². The van der Waals surface area contributed by atoms with Crippen molar-refractivity contribution in [1.29, 1.82) is 0 Å². The maximum absolute atomic E-state index is 10.9. The van der Waals surface area contributed by atoms with Gasteiger partial charge in [0.1, 0.15) is 12.2 Å². The summed E-state index contributed by atoms with van der Waals surface area (Å²) in [6, 6.07) is 0. The van der Waals surface area contributed by atoms with Gasteiger partial charge >= 0.3 is 5.97 Å². The molecule has 0 fully saturated rings. The standard InChI is InChI=1S/C8H14O4/c1-3-11-6-7(5-9)8(10)12-4-2/h5,7H,3-4,6H2,1-2H3. The molecule has 0 amide bonds. The maximum atomic E-state index is 10.9. The van der Waals surface area contributed by atoms with Crippen LogP contribution in [0.5, 0.6) is 0 Å². The summed E-state index contributed by atoms with van der Waals surface area (Å²) in [5.41, 5.74) is 0. The minimum Gasteiger partial charge on any atom is -0.465 e. The van der Waals surface area contributed by atoms with Gasteiger partial charge in [0.15, 0.2) is 0 Å². The van der Waals surface area contributed by atoms with E-state index in [1.165, 1.54) is 0 Å². The van der Waals surface area contributed by atoms with Crippen molar-refractivity contribution < 1.29 is 19.1 Å². The Bertz CT molecular complexity index is 144. The molecule has 0 radical (unpaired) electrons. The van der Waals surface area contributed by atoms with Crippen molar-refractivity contribution in [2.24, 2.45) is 5.92 Å². The van der Waals surface area contributed by atoms with Crippen molar-refractivity contribution in [2.45, 2.75) is 13.8 Å². The zero-order valence-electron chi connectivity index (χ0n) is 7.41. The predicted octanol–water partition coefficient (Wildman–Crippen LogP) is 0.401. The summed E-state index contributed by atoms with van der Waals surface area (Å²) >= 11 is 0. The molecule has 0 aromatic heterocycles. The number of hydrogen-bond donors (Lipinski definition) is 0. The van der Waals surface area contributed by atoms with Crippen LogP contribution in [0.15, 0.2) is 0 Å². The van der Waals surface area contributed by atoms with Crippen LogP contribution < -0.4 is 0 Å². The van der Waals surface area contributed by atoms with Crippen LogP contribution in [0, 0.1) is 5.92 Å². The van der Waals surface area contributed by atoms with E-state index < -0.39 is 11.9 Å². The molecule has 12 heavy (non-hydrogen) atoms. The van der Waals surface area contributed by atoms with Crippen molar-refractivity contribution in [3.63, 3.8) is 0 Å². The zero-order valence-corrected chi connectivity index (χ0v) is 7.41. The van der Waals surface area contributed by atoms with Crippen molar-refractivity contribution >= 4 is 12.3 Å². The molecule has 0 rings (SSSR count). The van der Waals surface area contributed by atoms with Crippen LogP contribution >= 0.6 is 0 Å². The highest BCUT2D eigenvalue weighted by Gasteiger charge is 2.18. The van der Waals surface area contributed by atoms with Gasteiger partial charge < -0.3 is 14.3 Å². The highest BCUT2D eigenvalue weighted by molar-refractivity contribution is 5.87. The lowest BCUT2D eigenvalue weighted by atomic mass is 10.2. The van der Waals surface area contributed by atoms with Crippen LogP contribution in [0.25, 0.3) is 0 Å². The molecule has 0 heterocycles. The largest absolute Gasteiger partial charge is 0.465 e. The average Bonchev–Trinajstić information content (AvgIpc) is 2.06. The summed E-state index contributed by atoms with van der Waals surface area (Å²) in [7, 11) is 0. The molecule has 70 valence electrons. The predicted molar refractivity (Wildman–Crippen MR) is 42.7 cm³/mol. The van der Waals surface area contributed by atoms with E-state index in [9.17, 15) is 9.59 Å². The number of carbonyl (C=O) groups is 2. The van der Waals surface area contributed by atoms with Crippen LogP contribution in [0.1, 0.15) is 13.8 Å². The van der Waals surface area contributed by atoms with Gasteiger partial charge in [-0.2, -0.15) is 0 Å². The van der Waals surface area contributed by atoms with Crippen LogP contribution in [-0.2, 0) is 19.1 Å². The topological polar surface area (TPSA) is 52.6 Å². The normalized spacial score (nSPS) is 12.2. The molecule has 0 aliphatic carbocycles. The Morgan fingerprint density at radius 3 is 2.50 bits per heavy atom. The molecule has 0 aromatic carbocycles. The second-order valence-corrected chi connectivity index (χ2v) is 2.15. The summed E-state index contributed by atoms with van der Waals surface area (Å²) in [6.45, 7) is 4.38. The van der Waals surface area contributed by atoms with E-state index in [4.69, 9.17) is 4.74 Å². The van der Waals surface area contributed by atoms with Gasteiger partial charge in [0.25, 0.3) is 0 Å². The van der Waals surface area contributed by atoms with Crippen LogP contribution in [0.3, 0.4) is 0 Å². The van der Waals surface area contributed by atoms with Crippen LogP contribution in [0.4, 0.5) is 0 Å². The molecule has 0 bridgehead atoms. The third-order valence-corrected chi connectivity index (χ3v) is 1.26. The number of aldehydes is 1. The lowest BCUT2D eigenvalue weighted by Gasteiger charge is -2.08. The number of ether oxygens (including phenoxy) is 2. The molecule has 4 nitrogen and oxygen atoms in total. The molecular weight excluding hydrogens is 160 g/mol. The summed E-state index contributed by atoms with van der Waals surface area (Å²) in [4.78, 5) is 21.3. The number of carbonyl (C=O) groups excluding carboxylic acids is 2. The van der Waals surface area contributed by atoms with Gasteiger partial charge in [-0.1, -0.05) is 0 Å². The van der Waals surface area contributed by atoms with Crippen LogP contribution in [0.2, 0.25) is 0 Å². The summed E-state index contributed by atoms with van der Waals surface area (Å²) < 4.78 is 9.56. The third kappa shape index (κ3) is 4.08. The molecule has 4 heteroatoms. The summed E-state index contributed by atoms with van der Waals surface area (Å²) in [5.74, 6) is -1.29. The van der Waals surface area contributed by atoms with Gasteiger partial charge in [-0.25, -0.2) is 0 Å². The Hall–Kier alpha value is -0.900. The third-order valence-electron chi connectivity index (χ3n) is 1.26. The Kier molecular flexibility index (Phi) is 6.28. The number of esters is 1. The molecule has 0 saturated carbocycles. The van der Waals surface area contributed by atoms with Crippen molar-refractivity contribution in [1.82, 2.24) is 0 Å². The van der Waals surface area contributed by atoms with Crippen molar-refractivity contribution in [3.8, 4) is 0 Å². The first kappa shape index (κ1) is 11.1. The van der Waals surface area contributed by atoms with Gasteiger partial charge in [0.05, 0.1) is 13.2 Å². The molecule has 0 aliphatic rings. The van der Waals surface area contributed by atoms with E-state index in [-0.39, 0.29) is 13.2 Å².